The van der Waals surface area contributed by atoms with Gasteiger partial charge < -0.3 is 4.74 Å². The van der Waals surface area contributed by atoms with Crippen molar-refractivity contribution < 1.29 is 9.53 Å². The van der Waals surface area contributed by atoms with Crippen LogP contribution in [0, 0.1) is 0 Å². The van der Waals surface area contributed by atoms with E-state index in [1.165, 1.54) is 6.92 Å². The van der Waals surface area contributed by atoms with Crippen LogP contribution in [-0.4, -0.2) is 12.6 Å². The maximum absolute atomic E-state index is 10.2. The van der Waals surface area contributed by atoms with Crippen molar-refractivity contribution in [1.82, 2.24) is 0 Å². The van der Waals surface area contributed by atoms with Crippen molar-refractivity contribution >= 4 is 5.97 Å². The molecule has 0 bridgehead atoms. The lowest BCUT2D eigenvalue weighted by Crippen LogP contribution is -1.98. The zero-order valence-corrected chi connectivity index (χ0v) is 6.59. The third kappa shape index (κ3) is 7.21. The third-order valence-corrected chi connectivity index (χ3v) is 0.992. The van der Waals surface area contributed by atoms with Crippen molar-refractivity contribution in [3.63, 3.8) is 0 Å². The van der Waals surface area contributed by atoms with E-state index in [0.717, 1.165) is 12.8 Å². The molecule has 0 aliphatic carbocycles. The molecular weight excluding hydrogens is 128 g/mol. The molecule has 0 atom stereocenters. The molecule has 0 aliphatic heterocycles. The lowest BCUT2D eigenvalue weighted by atomic mass is 10.3. The van der Waals surface area contributed by atoms with E-state index in [1.807, 2.05) is 6.08 Å². The molecule has 0 unspecified atom stereocenters. The predicted molar refractivity (Wildman–Crippen MR) is 40.7 cm³/mol. The fourth-order valence-corrected chi connectivity index (χ4v) is 0.555. The summed E-state index contributed by atoms with van der Waals surface area (Å²) in [6.07, 6.45) is 5.94. The predicted octanol–water partition coefficient (Wildman–Crippen LogP) is 1.91. The van der Waals surface area contributed by atoms with Crippen LogP contribution in [0.5, 0.6) is 0 Å². The van der Waals surface area contributed by atoms with Gasteiger partial charge >= 0.3 is 5.97 Å². The second kappa shape index (κ2) is 6.33. The minimum absolute atomic E-state index is 0.204. The van der Waals surface area contributed by atoms with Gasteiger partial charge in [-0.25, -0.2) is 0 Å². The zero-order chi connectivity index (χ0) is 7.82. The van der Waals surface area contributed by atoms with Crippen LogP contribution in [0.4, 0.5) is 0 Å². The Labute approximate surface area is 61.9 Å². The van der Waals surface area contributed by atoms with Gasteiger partial charge in [-0.1, -0.05) is 19.1 Å². The summed E-state index contributed by atoms with van der Waals surface area (Å²) < 4.78 is 4.70. The van der Waals surface area contributed by atoms with Crippen molar-refractivity contribution in [3.8, 4) is 0 Å². The van der Waals surface area contributed by atoms with Crippen LogP contribution in [0.3, 0.4) is 0 Å². The number of esters is 1. The molecule has 0 N–H and O–H groups in total. The van der Waals surface area contributed by atoms with Crippen LogP contribution < -0.4 is 0 Å². The summed E-state index contributed by atoms with van der Waals surface area (Å²) in [4.78, 5) is 10.2. The summed E-state index contributed by atoms with van der Waals surface area (Å²) in [5, 5.41) is 0. The third-order valence-electron chi connectivity index (χ3n) is 0.992. The van der Waals surface area contributed by atoms with Crippen molar-refractivity contribution in [2.24, 2.45) is 0 Å². The Morgan fingerprint density at radius 3 is 2.70 bits per heavy atom. The van der Waals surface area contributed by atoms with Gasteiger partial charge in [-0.15, -0.1) is 0 Å². The first kappa shape index (κ1) is 9.21. The summed E-state index contributed by atoms with van der Waals surface area (Å²) in [5.74, 6) is -0.204. The number of allylic oxidation sites excluding steroid dienone is 1. The second-order valence-corrected chi connectivity index (χ2v) is 2.01. The van der Waals surface area contributed by atoms with E-state index in [4.69, 9.17) is 4.74 Å². The monoisotopic (exact) mass is 142 g/mol. The van der Waals surface area contributed by atoms with Crippen molar-refractivity contribution in [1.29, 1.82) is 0 Å². The molecule has 0 fully saturated rings. The van der Waals surface area contributed by atoms with Gasteiger partial charge in [0.25, 0.3) is 0 Å². The number of rotatable bonds is 4. The quantitative estimate of drug-likeness (QED) is 0.340. The Morgan fingerprint density at radius 2 is 2.20 bits per heavy atom. The van der Waals surface area contributed by atoms with Crippen LogP contribution in [0.2, 0.25) is 0 Å². The smallest absolute Gasteiger partial charge is 0.302 e. The molecule has 0 aromatic rings. The Kier molecular flexibility index (Phi) is 5.83. The maximum Gasteiger partial charge on any atom is 0.302 e. The van der Waals surface area contributed by atoms with Gasteiger partial charge in [0.2, 0.25) is 0 Å². The van der Waals surface area contributed by atoms with Gasteiger partial charge in [0.1, 0.15) is 0 Å². The van der Waals surface area contributed by atoms with E-state index < -0.39 is 0 Å². The largest absolute Gasteiger partial charge is 0.466 e. The summed E-state index contributed by atoms with van der Waals surface area (Å²) in [5.41, 5.74) is 0. The first-order valence-electron chi connectivity index (χ1n) is 3.55. The summed E-state index contributed by atoms with van der Waals surface area (Å²) in [7, 11) is 0. The molecule has 0 saturated heterocycles. The molecule has 10 heavy (non-hydrogen) atoms. The lowest BCUT2D eigenvalue weighted by Gasteiger charge is -1.95. The van der Waals surface area contributed by atoms with Crippen LogP contribution in [0.25, 0.3) is 0 Å². The number of carbonyl (C=O) groups excluding carboxylic acids is 1. The highest BCUT2D eigenvalue weighted by Gasteiger charge is 1.87. The van der Waals surface area contributed by atoms with Gasteiger partial charge in [0.15, 0.2) is 0 Å². The van der Waals surface area contributed by atoms with Crippen LogP contribution in [0.15, 0.2) is 12.2 Å². The number of ether oxygens (including phenoxy) is 1. The van der Waals surface area contributed by atoms with Crippen LogP contribution >= 0.6 is 0 Å². The number of hydrogen-bond acceptors (Lipinski definition) is 2. The topological polar surface area (TPSA) is 26.3 Å². The summed E-state index contributed by atoms with van der Waals surface area (Å²) in [6, 6.07) is 0. The number of hydrogen-bond donors (Lipinski definition) is 0. The fourth-order valence-electron chi connectivity index (χ4n) is 0.555. The van der Waals surface area contributed by atoms with Gasteiger partial charge in [-0.2, -0.15) is 0 Å². The second-order valence-electron chi connectivity index (χ2n) is 2.01. The first-order chi connectivity index (χ1) is 4.77. The van der Waals surface area contributed by atoms with Crippen LogP contribution in [0.1, 0.15) is 26.7 Å². The van der Waals surface area contributed by atoms with Gasteiger partial charge in [0, 0.05) is 6.92 Å². The minimum Gasteiger partial charge on any atom is -0.466 e. The molecule has 0 aliphatic rings. The highest BCUT2D eigenvalue weighted by atomic mass is 16.5. The normalized spacial score (nSPS) is 10.2. The van der Waals surface area contributed by atoms with Gasteiger partial charge in [-0.3, -0.25) is 4.79 Å². The van der Waals surface area contributed by atoms with Crippen molar-refractivity contribution in [3.05, 3.63) is 12.2 Å². The van der Waals surface area contributed by atoms with E-state index >= 15 is 0 Å². The highest BCUT2D eigenvalue weighted by molar-refractivity contribution is 5.65. The SMILES string of the molecule is CC/C=C\CCOC(C)=O. The standard InChI is InChI=1S/C8H14O2/c1-3-4-5-6-7-10-8(2)9/h4-5H,3,6-7H2,1-2H3/b5-4-. The molecule has 0 radical (unpaired) electrons. The summed E-state index contributed by atoms with van der Waals surface area (Å²) in [6.45, 7) is 4.00. The van der Waals surface area contributed by atoms with Crippen molar-refractivity contribution in [2.75, 3.05) is 6.61 Å². The molecular formula is C8H14O2. The Balaban J connectivity index is 3.05. The molecule has 0 spiro atoms. The fraction of sp³-hybridized carbons (Fsp3) is 0.625. The van der Waals surface area contributed by atoms with E-state index in [9.17, 15) is 4.79 Å². The van der Waals surface area contributed by atoms with Crippen molar-refractivity contribution in [2.45, 2.75) is 26.7 Å². The van der Waals surface area contributed by atoms with E-state index in [2.05, 4.69) is 13.0 Å². The summed E-state index contributed by atoms with van der Waals surface area (Å²) >= 11 is 0. The Bertz CT molecular complexity index is 116. The molecule has 2 heteroatoms. The molecule has 0 aromatic carbocycles. The first-order valence-corrected chi connectivity index (χ1v) is 3.55. The number of carbonyl (C=O) groups is 1. The Hall–Kier alpha value is -0.790. The molecule has 58 valence electrons. The van der Waals surface area contributed by atoms with Crippen LogP contribution in [-0.2, 0) is 9.53 Å². The van der Waals surface area contributed by atoms with E-state index in [1.54, 1.807) is 0 Å². The zero-order valence-electron chi connectivity index (χ0n) is 6.59. The van der Waals surface area contributed by atoms with Gasteiger partial charge in [-0.05, 0) is 12.8 Å². The lowest BCUT2D eigenvalue weighted by molar-refractivity contribution is -0.140. The Morgan fingerprint density at radius 1 is 1.50 bits per heavy atom. The molecule has 0 aromatic heterocycles. The van der Waals surface area contributed by atoms with E-state index in [0.29, 0.717) is 6.61 Å². The molecule has 2 nitrogen and oxygen atoms in total. The average Bonchev–Trinajstić information content (AvgIpc) is 1.87. The van der Waals surface area contributed by atoms with E-state index in [-0.39, 0.29) is 5.97 Å². The van der Waals surface area contributed by atoms with Gasteiger partial charge in [0.05, 0.1) is 6.61 Å². The minimum atomic E-state index is -0.204. The molecule has 0 heterocycles. The molecule has 0 saturated carbocycles. The maximum atomic E-state index is 10.2. The molecule has 0 amide bonds. The average molecular weight is 142 g/mol. The molecule has 0 rings (SSSR count). The highest BCUT2D eigenvalue weighted by Crippen LogP contribution is 1.87.